The molecule has 0 aliphatic carbocycles. The van der Waals surface area contributed by atoms with E-state index in [1.807, 2.05) is 32.0 Å². The van der Waals surface area contributed by atoms with Gasteiger partial charge in [0.1, 0.15) is 11.3 Å². The Balaban J connectivity index is 1.61. The van der Waals surface area contributed by atoms with E-state index in [9.17, 15) is 19.5 Å². The molecule has 5 rings (SSSR count). The number of benzene rings is 2. The number of imide groups is 1. The molecule has 2 aromatic rings. The number of nitrogens with one attached hydrogen (secondary N) is 2. The standard InChI is InChI=1S/C25H27N3O4/c1-3-4-11-28-22(30)20-19(13-15-6-8-16(29)9-7-15)27-25(21(20)23(28)31)17-12-14(2)5-10-18(17)26-24(25)32/h5-10,12,19-21,27,29H,3-4,11,13H2,1-2H3,(H,26,32). The van der Waals surface area contributed by atoms with Gasteiger partial charge in [0.15, 0.2) is 0 Å². The number of fused-ring (bicyclic) bond motifs is 4. The van der Waals surface area contributed by atoms with Crippen LogP contribution in [0, 0.1) is 18.8 Å². The van der Waals surface area contributed by atoms with Crippen molar-refractivity contribution >= 4 is 23.4 Å². The van der Waals surface area contributed by atoms with Crippen LogP contribution in [0.3, 0.4) is 0 Å². The van der Waals surface area contributed by atoms with Gasteiger partial charge in [-0.05, 0) is 43.5 Å². The molecule has 1 spiro atoms. The van der Waals surface area contributed by atoms with Crippen molar-refractivity contribution in [3.8, 4) is 5.75 Å². The van der Waals surface area contributed by atoms with E-state index >= 15 is 0 Å². The lowest BCUT2D eigenvalue weighted by Crippen LogP contribution is -2.53. The smallest absolute Gasteiger partial charge is 0.250 e. The van der Waals surface area contributed by atoms with Gasteiger partial charge < -0.3 is 10.4 Å². The fraction of sp³-hybridized carbons (Fsp3) is 0.400. The molecule has 32 heavy (non-hydrogen) atoms. The SMILES string of the molecule is CCCCN1C(=O)C2C(Cc3ccc(O)cc3)NC3(C(=O)Nc4ccc(C)cc43)C2C1=O. The fourth-order valence-corrected chi connectivity index (χ4v) is 5.57. The largest absolute Gasteiger partial charge is 0.508 e. The Kier molecular flexibility index (Phi) is 4.82. The van der Waals surface area contributed by atoms with E-state index in [0.29, 0.717) is 18.7 Å². The van der Waals surface area contributed by atoms with Gasteiger partial charge in [-0.15, -0.1) is 0 Å². The molecule has 4 atom stereocenters. The van der Waals surface area contributed by atoms with Gasteiger partial charge in [-0.2, -0.15) is 0 Å². The zero-order valence-electron chi connectivity index (χ0n) is 18.2. The number of hydrogen-bond donors (Lipinski definition) is 3. The molecule has 2 aromatic carbocycles. The summed E-state index contributed by atoms with van der Waals surface area (Å²) in [6.07, 6.45) is 2.08. The van der Waals surface area contributed by atoms with E-state index in [0.717, 1.165) is 29.5 Å². The van der Waals surface area contributed by atoms with Crippen molar-refractivity contribution in [2.75, 3.05) is 11.9 Å². The summed E-state index contributed by atoms with van der Waals surface area (Å²) in [6, 6.07) is 12.2. The summed E-state index contributed by atoms with van der Waals surface area (Å²) >= 11 is 0. The van der Waals surface area contributed by atoms with E-state index in [2.05, 4.69) is 10.6 Å². The van der Waals surface area contributed by atoms with Gasteiger partial charge in [-0.3, -0.25) is 24.6 Å². The minimum atomic E-state index is -1.26. The van der Waals surface area contributed by atoms with Crippen LogP contribution in [0.25, 0.3) is 0 Å². The van der Waals surface area contributed by atoms with Crippen molar-refractivity contribution in [3.05, 3.63) is 59.2 Å². The summed E-state index contributed by atoms with van der Waals surface area (Å²) < 4.78 is 0. The number of amides is 3. The van der Waals surface area contributed by atoms with Crippen LogP contribution < -0.4 is 10.6 Å². The quantitative estimate of drug-likeness (QED) is 0.629. The van der Waals surface area contributed by atoms with E-state index in [1.54, 1.807) is 24.3 Å². The monoisotopic (exact) mass is 433 g/mol. The molecule has 0 bridgehead atoms. The average molecular weight is 434 g/mol. The highest BCUT2D eigenvalue weighted by molar-refractivity contribution is 6.15. The predicted octanol–water partition coefficient (Wildman–Crippen LogP) is 2.46. The number of aromatic hydroxyl groups is 1. The molecule has 3 aliphatic heterocycles. The van der Waals surface area contributed by atoms with Crippen LogP contribution >= 0.6 is 0 Å². The lowest BCUT2D eigenvalue weighted by atomic mass is 9.76. The molecule has 7 heteroatoms. The maximum absolute atomic E-state index is 13.6. The summed E-state index contributed by atoms with van der Waals surface area (Å²) in [6.45, 7) is 4.35. The summed E-state index contributed by atoms with van der Waals surface area (Å²) in [4.78, 5) is 41.9. The molecule has 0 aromatic heterocycles. The number of rotatable bonds is 5. The summed E-state index contributed by atoms with van der Waals surface area (Å²) in [5.74, 6) is -1.98. The number of anilines is 1. The van der Waals surface area contributed by atoms with Crippen molar-refractivity contribution < 1.29 is 19.5 Å². The van der Waals surface area contributed by atoms with E-state index in [4.69, 9.17) is 0 Å². The van der Waals surface area contributed by atoms with E-state index in [1.165, 1.54) is 4.90 Å². The minimum Gasteiger partial charge on any atom is -0.508 e. The van der Waals surface area contributed by atoms with Crippen LogP contribution in [0.4, 0.5) is 5.69 Å². The molecule has 4 unspecified atom stereocenters. The summed E-state index contributed by atoms with van der Waals surface area (Å²) in [7, 11) is 0. The number of phenols is 1. The lowest BCUT2D eigenvalue weighted by Gasteiger charge is -2.29. The number of nitrogens with zero attached hydrogens (tertiary/aromatic N) is 1. The Morgan fingerprint density at radius 1 is 1.06 bits per heavy atom. The van der Waals surface area contributed by atoms with Gasteiger partial charge in [0.05, 0.1) is 11.8 Å². The van der Waals surface area contributed by atoms with Crippen LogP contribution in [-0.2, 0) is 26.3 Å². The second-order valence-electron chi connectivity index (χ2n) is 9.12. The molecule has 3 amide bonds. The van der Waals surface area contributed by atoms with Gasteiger partial charge in [0.25, 0.3) is 0 Å². The average Bonchev–Trinajstić information content (AvgIpc) is 3.34. The van der Waals surface area contributed by atoms with Crippen LogP contribution in [-0.4, -0.2) is 40.3 Å². The second kappa shape index (κ2) is 7.45. The van der Waals surface area contributed by atoms with Crippen molar-refractivity contribution in [1.82, 2.24) is 10.2 Å². The third-order valence-electron chi connectivity index (χ3n) is 7.09. The summed E-state index contributed by atoms with van der Waals surface area (Å²) in [5.41, 5.74) is 2.07. The van der Waals surface area contributed by atoms with Gasteiger partial charge in [-0.1, -0.05) is 43.2 Å². The van der Waals surface area contributed by atoms with Crippen molar-refractivity contribution in [1.29, 1.82) is 0 Å². The maximum atomic E-state index is 13.6. The Labute approximate surface area is 186 Å². The fourth-order valence-electron chi connectivity index (χ4n) is 5.57. The first-order valence-electron chi connectivity index (χ1n) is 11.2. The zero-order chi connectivity index (χ0) is 22.6. The number of unbranched alkanes of at least 4 members (excludes halogenated alkanes) is 1. The van der Waals surface area contributed by atoms with Crippen LogP contribution in [0.1, 0.15) is 36.5 Å². The number of carbonyl (C=O) groups excluding carboxylic acids is 3. The number of likely N-dealkylation sites (tertiary alicyclic amines) is 1. The first kappa shape index (κ1) is 20.7. The van der Waals surface area contributed by atoms with Crippen molar-refractivity contribution in [2.24, 2.45) is 11.8 Å². The number of phenolic OH excluding ortho intramolecular Hbond substituents is 1. The normalized spacial score (nSPS) is 28.4. The number of aryl methyl sites for hydroxylation is 1. The molecular weight excluding hydrogens is 406 g/mol. The topological polar surface area (TPSA) is 98.7 Å². The van der Waals surface area contributed by atoms with Gasteiger partial charge in [0, 0.05) is 23.8 Å². The van der Waals surface area contributed by atoms with Crippen molar-refractivity contribution in [2.45, 2.75) is 44.7 Å². The van der Waals surface area contributed by atoms with E-state index in [-0.39, 0.29) is 29.5 Å². The number of hydrogen-bond acceptors (Lipinski definition) is 5. The van der Waals surface area contributed by atoms with Crippen LogP contribution in [0.5, 0.6) is 5.75 Å². The van der Waals surface area contributed by atoms with Crippen LogP contribution in [0.2, 0.25) is 0 Å². The second-order valence-corrected chi connectivity index (χ2v) is 9.12. The Hall–Kier alpha value is -3.19. The first-order valence-corrected chi connectivity index (χ1v) is 11.2. The third-order valence-corrected chi connectivity index (χ3v) is 7.09. The summed E-state index contributed by atoms with van der Waals surface area (Å²) in [5, 5.41) is 16.0. The molecule has 3 aliphatic rings. The first-order chi connectivity index (χ1) is 15.4. The molecule has 166 valence electrons. The molecule has 3 heterocycles. The molecule has 0 saturated carbocycles. The van der Waals surface area contributed by atoms with Gasteiger partial charge in [0.2, 0.25) is 17.7 Å². The molecule has 0 radical (unpaired) electrons. The molecule has 2 saturated heterocycles. The highest BCUT2D eigenvalue weighted by atomic mass is 16.3. The Morgan fingerprint density at radius 3 is 2.53 bits per heavy atom. The molecule has 2 fully saturated rings. The van der Waals surface area contributed by atoms with E-state index < -0.39 is 17.4 Å². The lowest BCUT2D eigenvalue weighted by molar-refractivity contribution is -0.142. The highest BCUT2D eigenvalue weighted by Gasteiger charge is 2.70. The number of carbonyl (C=O) groups is 3. The molecule has 7 nitrogen and oxygen atoms in total. The molecule has 3 N–H and O–H groups in total. The molecular formula is C25H27N3O4. The third kappa shape index (κ3) is 2.88. The van der Waals surface area contributed by atoms with Gasteiger partial charge >= 0.3 is 0 Å². The Bertz CT molecular complexity index is 1110. The predicted molar refractivity (Wildman–Crippen MR) is 119 cm³/mol. The van der Waals surface area contributed by atoms with Gasteiger partial charge in [-0.25, -0.2) is 0 Å². The van der Waals surface area contributed by atoms with Crippen molar-refractivity contribution in [3.63, 3.8) is 0 Å². The Morgan fingerprint density at radius 2 is 1.81 bits per heavy atom. The minimum absolute atomic E-state index is 0.167. The maximum Gasteiger partial charge on any atom is 0.250 e. The highest BCUT2D eigenvalue weighted by Crippen LogP contribution is 2.53. The zero-order valence-corrected chi connectivity index (χ0v) is 18.2. The van der Waals surface area contributed by atoms with Crippen LogP contribution in [0.15, 0.2) is 42.5 Å².